The highest BCUT2D eigenvalue weighted by molar-refractivity contribution is 5.90. The van der Waals surface area contributed by atoms with Gasteiger partial charge in [0.25, 0.3) is 0 Å². The van der Waals surface area contributed by atoms with Crippen LogP contribution in [0.2, 0.25) is 0 Å². The second kappa shape index (κ2) is 23.2. The molecule has 0 bridgehead atoms. The van der Waals surface area contributed by atoms with Crippen LogP contribution in [0.1, 0.15) is 151 Å². The molecule has 2 aliphatic rings. The van der Waals surface area contributed by atoms with Gasteiger partial charge in [-0.2, -0.15) is 0 Å². The topological polar surface area (TPSA) is 71.1 Å². The van der Waals surface area contributed by atoms with Crippen molar-refractivity contribution in [2.45, 2.75) is 143 Å². The highest BCUT2D eigenvalue weighted by Gasteiger charge is 2.23. The van der Waals surface area contributed by atoms with Crippen molar-refractivity contribution in [1.29, 1.82) is 0 Å². The zero-order chi connectivity index (χ0) is 37.0. The lowest BCUT2D eigenvalue weighted by atomic mass is 9.79. The summed E-state index contributed by atoms with van der Waals surface area (Å²) in [5.74, 6) is 3.60. The first-order valence-corrected chi connectivity index (χ1v) is 20.6. The SMILES string of the molecule is CCCCCC1CCC(C=CCOc2ccc(C(=O)O[C@H](C)[C@@H](C)OC(=O)c3ccc(OCC=CC4CCC(CCCCC)CC4)cc3)cc2)CC1. The molecule has 0 aromatic heterocycles. The third kappa shape index (κ3) is 14.8. The van der Waals surface area contributed by atoms with Crippen LogP contribution in [0.4, 0.5) is 0 Å². The van der Waals surface area contributed by atoms with Crippen molar-refractivity contribution in [2.75, 3.05) is 13.2 Å². The van der Waals surface area contributed by atoms with Gasteiger partial charge in [0.05, 0.1) is 11.1 Å². The minimum absolute atomic E-state index is 0.416. The van der Waals surface area contributed by atoms with Crippen molar-refractivity contribution in [3.8, 4) is 11.5 Å². The molecule has 2 aliphatic carbocycles. The van der Waals surface area contributed by atoms with Gasteiger partial charge >= 0.3 is 11.9 Å². The van der Waals surface area contributed by atoms with Crippen molar-refractivity contribution in [1.82, 2.24) is 0 Å². The van der Waals surface area contributed by atoms with Gasteiger partial charge in [-0.05, 0) is 137 Å². The number of unbranched alkanes of at least 4 members (excludes halogenated alkanes) is 4. The van der Waals surface area contributed by atoms with E-state index in [4.69, 9.17) is 18.9 Å². The van der Waals surface area contributed by atoms with E-state index in [-0.39, 0.29) is 0 Å². The van der Waals surface area contributed by atoms with Gasteiger partial charge in [0.1, 0.15) is 36.9 Å². The van der Waals surface area contributed by atoms with E-state index in [9.17, 15) is 9.59 Å². The summed E-state index contributed by atoms with van der Waals surface area (Å²) in [6.45, 7) is 9.01. The Morgan fingerprint density at radius 2 is 0.942 bits per heavy atom. The molecule has 2 atom stereocenters. The van der Waals surface area contributed by atoms with Crippen molar-refractivity contribution in [3.63, 3.8) is 0 Å². The fourth-order valence-corrected chi connectivity index (χ4v) is 7.53. The summed E-state index contributed by atoms with van der Waals surface area (Å²) in [5, 5.41) is 0. The second-order valence-corrected chi connectivity index (χ2v) is 15.3. The lowest BCUT2D eigenvalue weighted by Gasteiger charge is -2.26. The van der Waals surface area contributed by atoms with Crippen LogP contribution in [-0.2, 0) is 9.47 Å². The Bertz CT molecular complexity index is 1240. The Kier molecular flexibility index (Phi) is 18.4. The number of esters is 2. The molecule has 0 radical (unpaired) electrons. The molecule has 6 heteroatoms. The highest BCUT2D eigenvalue weighted by atomic mass is 16.6. The molecule has 0 aliphatic heterocycles. The maximum absolute atomic E-state index is 12.8. The van der Waals surface area contributed by atoms with Gasteiger partial charge < -0.3 is 18.9 Å². The van der Waals surface area contributed by atoms with Gasteiger partial charge in [-0.3, -0.25) is 0 Å². The monoisotopic (exact) mass is 714 g/mol. The van der Waals surface area contributed by atoms with Gasteiger partial charge in [0.2, 0.25) is 0 Å². The fraction of sp³-hybridized carbons (Fsp3) is 0.609. The smallest absolute Gasteiger partial charge is 0.338 e. The molecule has 2 aromatic rings. The molecule has 52 heavy (non-hydrogen) atoms. The van der Waals surface area contributed by atoms with E-state index in [1.54, 1.807) is 62.4 Å². The Morgan fingerprint density at radius 3 is 1.29 bits per heavy atom. The van der Waals surface area contributed by atoms with Crippen LogP contribution in [0.5, 0.6) is 11.5 Å². The van der Waals surface area contributed by atoms with E-state index >= 15 is 0 Å². The number of carbonyl (C=O) groups is 2. The summed E-state index contributed by atoms with van der Waals surface area (Å²) in [5.41, 5.74) is 0.833. The number of rotatable bonds is 21. The fourth-order valence-electron chi connectivity index (χ4n) is 7.53. The van der Waals surface area contributed by atoms with Gasteiger partial charge in [-0.15, -0.1) is 0 Å². The van der Waals surface area contributed by atoms with Crippen LogP contribution in [0.15, 0.2) is 72.8 Å². The standard InChI is InChI=1S/C46H66O6/c1-5-7-9-13-37-17-21-39(22-18-37)15-11-33-49-43-29-25-41(26-30-43)45(47)51-35(3)36(4)52-46(48)42-27-31-44(32-28-42)50-34-12-16-40-23-19-38(20-24-40)14-10-8-6-2/h11-12,15-16,25-32,35-40H,5-10,13-14,17-24,33-34H2,1-4H3/t35-,36-,37?,38?,39?,40?/m1/s1. The lowest BCUT2D eigenvalue weighted by molar-refractivity contribution is -0.0239. The Labute approximate surface area is 314 Å². The summed E-state index contributed by atoms with van der Waals surface area (Å²) in [4.78, 5) is 25.6. The third-order valence-electron chi connectivity index (χ3n) is 11.2. The quantitative estimate of drug-likeness (QED) is 0.0728. The van der Waals surface area contributed by atoms with Crippen LogP contribution < -0.4 is 9.47 Å². The molecule has 0 saturated heterocycles. The first kappa shape index (κ1) is 41.2. The number of benzene rings is 2. The van der Waals surface area contributed by atoms with E-state index in [1.165, 1.54) is 103 Å². The Balaban J connectivity index is 1.09. The molecule has 0 N–H and O–H groups in total. The third-order valence-corrected chi connectivity index (χ3v) is 11.2. The number of carbonyl (C=O) groups excluding carboxylic acids is 2. The van der Waals surface area contributed by atoms with E-state index < -0.39 is 24.1 Å². The molecule has 0 heterocycles. The van der Waals surface area contributed by atoms with Gasteiger partial charge in [-0.25, -0.2) is 9.59 Å². The first-order chi connectivity index (χ1) is 25.3. The van der Waals surface area contributed by atoms with Gasteiger partial charge in [-0.1, -0.05) is 89.5 Å². The zero-order valence-electron chi connectivity index (χ0n) is 32.6. The number of allylic oxidation sites excluding steroid dienone is 2. The zero-order valence-corrected chi connectivity index (χ0v) is 32.6. The number of hydrogen-bond donors (Lipinski definition) is 0. The minimum atomic E-state index is -0.630. The Morgan fingerprint density at radius 1 is 0.577 bits per heavy atom. The van der Waals surface area contributed by atoms with Crippen LogP contribution in [-0.4, -0.2) is 37.4 Å². The molecular formula is C46H66O6. The maximum atomic E-state index is 12.8. The molecule has 0 spiro atoms. The van der Waals surface area contributed by atoms with Crippen molar-refractivity contribution in [2.24, 2.45) is 23.7 Å². The largest absolute Gasteiger partial charge is 0.490 e. The van der Waals surface area contributed by atoms with E-state index in [0.29, 0.717) is 47.7 Å². The average Bonchev–Trinajstić information content (AvgIpc) is 3.17. The summed E-state index contributed by atoms with van der Waals surface area (Å²) in [7, 11) is 0. The van der Waals surface area contributed by atoms with E-state index in [1.807, 2.05) is 0 Å². The van der Waals surface area contributed by atoms with Gasteiger partial charge in [0, 0.05) is 0 Å². The van der Waals surface area contributed by atoms with Crippen molar-refractivity contribution < 1.29 is 28.5 Å². The molecule has 2 saturated carbocycles. The molecule has 6 nitrogen and oxygen atoms in total. The molecule has 0 unspecified atom stereocenters. The highest BCUT2D eigenvalue weighted by Crippen LogP contribution is 2.34. The summed E-state index contributed by atoms with van der Waals surface area (Å²) >= 11 is 0. The maximum Gasteiger partial charge on any atom is 0.338 e. The molecule has 2 aromatic carbocycles. The van der Waals surface area contributed by atoms with E-state index in [0.717, 1.165) is 11.8 Å². The summed E-state index contributed by atoms with van der Waals surface area (Å²) in [6, 6.07) is 13.9. The minimum Gasteiger partial charge on any atom is -0.490 e. The Hall–Kier alpha value is -3.54. The predicted octanol–water partition coefficient (Wildman–Crippen LogP) is 12.1. The number of hydrogen-bond acceptors (Lipinski definition) is 6. The normalized spacial score (nSPS) is 21.8. The molecule has 4 rings (SSSR count). The summed E-state index contributed by atoms with van der Waals surface area (Å²) < 4.78 is 23.0. The molecular weight excluding hydrogens is 648 g/mol. The van der Waals surface area contributed by atoms with Crippen molar-refractivity contribution >= 4 is 11.9 Å². The first-order valence-electron chi connectivity index (χ1n) is 20.6. The van der Waals surface area contributed by atoms with E-state index in [2.05, 4.69) is 38.2 Å². The number of ether oxygens (including phenoxy) is 4. The second-order valence-electron chi connectivity index (χ2n) is 15.3. The van der Waals surface area contributed by atoms with Gasteiger partial charge in [0.15, 0.2) is 0 Å². The van der Waals surface area contributed by atoms with Crippen LogP contribution in [0, 0.1) is 23.7 Å². The molecule has 0 amide bonds. The molecule has 286 valence electrons. The van der Waals surface area contributed by atoms with Crippen LogP contribution in [0.25, 0.3) is 0 Å². The van der Waals surface area contributed by atoms with Crippen molar-refractivity contribution in [3.05, 3.63) is 84.0 Å². The average molecular weight is 715 g/mol. The lowest BCUT2D eigenvalue weighted by Crippen LogP contribution is -2.30. The summed E-state index contributed by atoms with van der Waals surface area (Å²) in [6.07, 6.45) is 29.0. The van der Waals surface area contributed by atoms with Crippen LogP contribution in [0.3, 0.4) is 0 Å². The predicted molar refractivity (Wildman–Crippen MR) is 211 cm³/mol. The van der Waals surface area contributed by atoms with Crippen LogP contribution >= 0.6 is 0 Å². The molecule has 2 fully saturated rings.